The Kier molecular flexibility index (Phi) is 4.28. The molecule has 0 radical (unpaired) electrons. The first-order chi connectivity index (χ1) is 12.5. The van der Waals surface area contributed by atoms with Crippen molar-refractivity contribution in [2.45, 2.75) is 43.0 Å². The Morgan fingerprint density at radius 2 is 2.00 bits per heavy atom. The summed E-state index contributed by atoms with van der Waals surface area (Å²) in [6.07, 6.45) is 3.57. The van der Waals surface area contributed by atoms with Crippen molar-refractivity contribution in [1.29, 1.82) is 0 Å². The van der Waals surface area contributed by atoms with E-state index in [-0.39, 0.29) is 11.4 Å². The SMILES string of the molecule is O=C(Nc1onc2c1CCC2)[C@H]1CCCN1S(=O)(=O)c1ccc(F)cc1. The zero-order valence-corrected chi connectivity index (χ0v) is 14.8. The minimum atomic E-state index is -3.88. The van der Waals surface area contributed by atoms with Crippen molar-refractivity contribution in [2.75, 3.05) is 11.9 Å². The number of halogens is 1. The molecule has 26 heavy (non-hydrogen) atoms. The van der Waals surface area contributed by atoms with Crippen molar-refractivity contribution < 1.29 is 22.1 Å². The van der Waals surface area contributed by atoms with E-state index in [1.54, 1.807) is 0 Å². The summed E-state index contributed by atoms with van der Waals surface area (Å²) >= 11 is 0. The van der Waals surface area contributed by atoms with Gasteiger partial charge in [0.15, 0.2) is 0 Å². The highest BCUT2D eigenvalue weighted by Gasteiger charge is 2.40. The predicted octanol–water partition coefficient (Wildman–Crippen LogP) is 2.09. The molecule has 1 aromatic heterocycles. The second-order valence-corrected chi connectivity index (χ2v) is 8.40. The van der Waals surface area contributed by atoms with Gasteiger partial charge in [0.05, 0.1) is 10.6 Å². The molecule has 0 spiro atoms. The summed E-state index contributed by atoms with van der Waals surface area (Å²) in [6.45, 7) is 0.242. The molecule has 138 valence electrons. The molecule has 9 heteroatoms. The number of fused-ring (bicyclic) bond motifs is 1. The van der Waals surface area contributed by atoms with Gasteiger partial charge in [-0.2, -0.15) is 4.31 Å². The van der Waals surface area contributed by atoms with E-state index in [4.69, 9.17) is 4.52 Å². The number of hydrogen-bond acceptors (Lipinski definition) is 5. The van der Waals surface area contributed by atoms with Gasteiger partial charge in [0.25, 0.3) is 0 Å². The Morgan fingerprint density at radius 1 is 1.23 bits per heavy atom. The van der Waals surface area contributed by atoms with Crippen LogP contribution in [0.15, 0.2) is 33.7 Å². The van der Waals surface area contributed by atoms with Crippen LogP contribution in [0.5, 0.6) is 0 Å². The normalized spacial score (nSPS) is 20.3. The third-order valence-corrected chi connectivity index (χ3v) is 6.80. The lowest BCUT2D eigenvalue weighted by Gasteiger charge is -2.23. The number of amides is 1. The maximum Gasteiger partial charge on any atom is 0.245 e. The summed E-state index contributed by atoms with van der Waals surface area (Å²) in [5.74, 6) is -0.633. The molecule has 7 nitrogen and oxygen atoms in total. The highest BCUT2D eigenvalue weighted by Crippen LogP contribution is 2.31. The van der Waals surface area contributed by atoms with Gasteiger partial charge < -0.3 is 4.52 Å². The maximum absolute atomic E-state index is 13.1. The Labute approximate surface area is 150 Å². The summed E-state index contributed by atoms with van der Waals surface area (Å²) in [5, 5.41) is 6.64. The van der Waals surface area contributed by atoms with E-state index < -0.39 is 27.8 Å². The van der Waals surface area contributed by atoms with E-state index in [9.17, 15) is 17.6 Å². The van der Waals surface area contributed by atoms with E-state index in [1.807, 2.05) is 0 Å². The van der Waals surface area contributed by atoms with Gasteiger partial charge in [-0.05, 0) is 56.4 Å². The summed E-state index contributed by atoms with van der Waals surface area (Å²) in [6, 6.07) is 3.78. The third kappa shape index (κ3) is 2.90. The van der Waals surface area contributed by atoms with Crippen molar-refractivity contribution in [3.63, 3.8) is 0 Å². The first-order valence-electron chi connectivity index (χ1n) is 8.52. The Morgan fingerprint density at radius 3 is 2.77 bits per heavy atom. The Hall–Kier alpha value is -2.26. The lowest BCUT2D eigenvalue weighted by atomic mass is 10.2. The predicted molar refractivity (Wildman–Crippen MR) is 90.5 cm³/mol. The molecule has 4 rings (SSSR count). The molecule has 1 atom stereocenters. The van der Waals surface area contributed by atoms with Gasteiger partial charge in [0.1, 0.15) is 11.9 Å². The van der Waals surface area contributed by atoms with E-state index in [0.717, 1.165) is 42.7 Å². The molecule has 1 saturated heterocycles. The number of aromatic nitrogens is 1. The minimum absolute atomic E-state index is 0.0286. The van der Waals surface area contributed by atoms with Gasteiger partial charge >= 0.3 is 0 Å². The number of hydrogen-bond donors (Lipinski definition) is 1. The summed E-state index contributed by atoms with van der Waals surface area (Å²) in [4.78, 5) is 12.7. The van der Waals surface area contributed by atoms with Gasteiger partial charge in [-0.25, -0.2) is 12.8 Å². The number of carbonyl (C=O) groups is 1. The fourth-order valence-electron chi connectivity index (χ4n) is 3.55. The highest BCUT2D eigenvalue weighted by atomic mass is 32.2. The van der Waals surface area contributed by atoms with E-state index in [1.165, 1.54) is 16.4 Å². The average Bonchev–Trinajstić information content (AvgIpc) is 3.33. The number of sulfonamides is 1. The fraction of sp³-hybridized carbons (Fsp3) is 0.412. The average molecular weight is 379 g/mol. The number of aryl methyl sites for hydroxylation is 1. The minimum Gasteiger partial charge on any atom is -0.338 e. The fourth-order valence-corrected chi connectivity index (χ4v) is 5.21. The summed E-state index contributed by atoms with van der Waals surface area (Å²) in [5.41, 5.74) is 1.74. The van der Waals surface area contributed by atoms with Crippen molar-refractivity contribution in [3.05, 3.63) is 41.3 Å². The zero-order chi connectivity index (χ0) is 18.3. The van der Waals surface area contributed by atoms with Crippen molar-refractivity contribution in [2.24, 2.45) is 0 Å². The molecular formula is C17H18FN3O4S. The smallest absolute Gasteiger partial charge is 0.245 e. The van der Waals surface area contributed by atoms with Crippen molar-refractivity contribution in [1.82, 2.24) is 9.46 Å². The molecule has 1 N–H and O–H groups in total. The Bertz CT molecular complexity index is 939. The van der Waals surface area contributed by atoms with Crippen molar-refractivity contribution in [3.8, 4) is 0 Å². The monoisotopic (exact) mass is 379 g/mol. The van der Waals surface area contributed by atoms with Crippen LogP contribution >= 0.6 is 0 Å². The lowest BCUT2D eigenvalue weighted by molar-refractivity contribution is -0.119. The van der Waals surface area contributed by atoms with Crippen LogP contribution in [0.1, 0.15) is 30.5 Å². The van der Waals surface area contributed by atoms with Crippen LogP contribution in [0.4, 0.5) is 10.3 Å². The molecule has 1 fully saturated rings. The second-order valence-electron chi connectivity index (χ2n) is 6.51. The van der Waals surface area contributed by atoms with E-state index >= 15 is 0 Å². The zero-order valence-electron chi connectivity index (χ0n) is 13.9. The van der Waals surface area contributed by atoms with Gasteiger partial charge in [0.2, 0.25) is 21.8 Å². The molecular weight excluding hydrogens is 361 g/mol. The van der Waals surface area contributed by atoms with Gasteiger partial charge in [-0.15, -0.1) is 0 Å². The molecule has 1 aliphatic carbocycles. The molecule has 0 unspecified atom stereocenters. The molecule has 1 amide bonds. The molecule has 0 saturated carbocycles. The summed E-state index contributed by atoms with van der Waals surface area (Å²) < 4.78 is 45.1. The number of benzene rings is 1. The third-order valence-electron chi connectivity index (χ3n) is 4.87. The molecule has 1 aliphatic heterocycles. The number of nitrogens with zero attached hydrogens (tertiary/aromatic N) is 2. The number of nitrogens with one attached hydrogen (secondary N) is 1. The highest BCUT2D eigenvalue weighted by molar-refractivity contribution is 7.89. The maximum atomic E-state index is 13.1. The first-order valence-corrected chi connectivity index (χ1v) is 9.96. The standard InChI is InChI=1S/C17H18FN3O4S/c18-11-6-8-12(9-7-11)26(23,24)21-10-2-5-15(21)16(22)19-17-13-3-1-4-14(13)20-25-17/h6-9,15H,1-5,10H2,(H,19,22)/t15-/m1/s1. The number of carbonyl (C=O) groups excluding carboxylic acids is 1. The van der Waals surface area contributed by atoms with Gasteiger partial charge in [0, 0.05) is 12.1 Å². The van der Waals surface area contributed by atoms with Gasteiger partial charge in [-0.3, -0.25) is 10.1 Å². The largest absolute Gasteiger partial charge is 0.338 e. The summed E-state index contributed by atoms with van der Waals surface area (Å²) in [7, 11) is -3.88. The Balaban J connectivity index is 1.56. The number of anilines is 1. The molecule has 0 bridgehead atoms. The molecule has 1 aromatic carbocycles. The molecule has 2 aromatic rings. The second kappa shape index (κ2) is 6.48. The molecule has 2 heterocycles. The molecule has 2 aliphatic rings. The van der Waals surface area contributed by atoms with Crippen LogP contribution in [-0.4, -0.2) is 36.4 Å². The van der Waals surface area contributed by atoms with E-state index in [2.05, 4.69) is 10.5 Å². The van der Waals surface area contributed by atoms with E-state index in [0.29, 0.717) is 18.7 Å². The van der Waals surface area contributed by atoms with Crippen LogP contribution < -0.4 is 5.32 Å². The topological polar surface area (TPSA) is 92.5 Å². The van der Waals surface area contributed by atoms with Gasteiger partial charge in [-0.1, -0.05) is 5.16 Å². The number of rotatable bonds is 4. The van der Waals surface area contributed by atoms with Crippen LogP contribution in [0, 0.1) is 5.82 Å². The lowest BCUT2D eigenvalue weighted by Crippen LogP contribution is -2.43. The quantitative estimate of drug-likeness (QED) is 0.878. The van der Waals surface area contributed by atoms with Crippen LogP contribution in [0.25, 0.3) is 0 Å². The van der Waals surface area contributed by atoms with Crippen LogP contribution in [0.3, 0.4) is 0 Å². The van der Waals surface area contributed by atoms with Crippen LogP contribution in [-0.2, 0) is 27.7 Å². The van der Waals surface area contributed by atoms with Crippen molar-refractivity contribution >= 4 is 21.8 Å². The first kappa shape index (κ1) is 17.2. The van der Waals surface area contributed by atoms with Crippen LogP contribution in [0.2, 0.25) is 0 Å².